The Morgan fingerprint density at radius 2 is 2.32 bits per heavy atom. The SMILES string of the molecule is CC(Sc1n[nH]c(C2CC2)n1)C(=O)Nc1ccc(F)cc1Cl. The molecule has 1 heterocycles. The van der Waals surface area contributed by atoms with Crippen molar-refractivity contribution < 1.29 is 9.18 Å². The quantitative estimate of drug-likeness (QED) is 0.816. The summed E-state index contributed by atoms with van der Waals surface area (Å²) in [6.07, 6.45) is 2.27. The van der Waals surface area contributed by atoms with Crippen molar-refractivity contribution >= 4 is 35.0 Å². The van der Waals surface area contributed by atoms with Crippen molar-refractivity contribution in [2.24, 2.45) is 0 Å². The molecule has 3 rings (SSSR count). The summed E-state index contributed by atoms with van der Waals surface area (Å²) in [7, 11) is 0. The Morgan fingerprint density at radius 3 is 3.00 bits per heavy atom. The number of nitrogens with zero attached hydrogens (tertiary/aromatic N) is 2. The second-order valence-corrected chi connectivity index (χ2v) is 6.87. The molecule has 1 unspecified atom stereocenters. The number of hydrogen-bond acceptors (Lipinski definition) is 4. The minimum Gasteiger partial charge on any atom is -0.324 e. The van der Waals surface area contributed by atoms with E-state index in [4.69, 9.17) is 11.6 Å². The van der Waals surface area contributed by atoms with Crippen LogP contribution in [0.3, 0.4) is 0 Å². The average Bonchev–Trinajstić information content (AvgIpc) is 3.22. The van der Waals surface area contributed by atoms with E-state index in [2.05, 4.69) is 20.5 Å². The number of aromatic amines is 1. The minimum absolute atomic E-state index is 0.166. The molecule has 1 aliphatic rings. The summed E-state index contributed by atoms with van der Waals surface area (Å²) in [6, 6.07) is 3.84. The lowest BCUT2D eigenvalue weighted by Gasteiger charge is -2.11. The lowest BCUT2D eigenvalue weighted by molar-refractivity contribution is -0.115. The average molecular weight is 341 g/mol. The molecule has 22 heavy (non-hydrogen) atoms. The maximum Gasteiger partial charge on any atom is 0.237 e. The molecule has 0 aliphatic heterocycles. The van der Waals surface area contributed by atoms with Crippen LogP contribution in [0.5, 0.6) is 0 Å². The minimum atomic E-state index is -0.446. The van der Waals surface area contributed by atoms with Gasteiger partial charge in [0.25, 0.3) is 0 Å². The number of benzene rings is 1. The van der Waals surface area contributed by atoms with Gasteiger partial charge in [0.05, 0.1) is 16.0 Å². The number of thioether (sulfide) groups is 1. The summed E-state index contributed by atoms with van der Waals surface area (Å²) in [6.45, 7) is 1.75. The number of carbonyl (C=O) groups is 1. The second-order valence-electron chi connectivity index (χ2n) is 5.15. The molecule has 0 saturated heterocycles. The van der Waals surface area contributed by atoms with E-state index < -0.39 is 11.1 Å². The predicted molar refractivity (Wildman–Crippen MR) is 83.7 cm³/mol. The van der Waals surface area contributed by atoms with Crippen LogP contribution in [-0.2, 0) is 4.79 Å². The van der Waals surface area contributed by atoms with Crippen molar-refractivity contribution in [3.05, 3.63) is 34.9 Å². The third-order valence-electron chi connectivity index (χ3n) is 3.29. The summed E-state index contributed by atoms with van der Waals surface area (Å²) in [5.74, 6) is 0.690. The van der Waals surface area contributed by atoms with Gasteiger partial charge >= 0.3 is 0 Å². The van der Waals surface area contributed by atoms with Crippen LogP contribution in [0, 0.1) is 5.82 Å². The highest BCUT2D eigenvalue weighted by molar-refractivity contribution is 8.00. The molecule has 2 N–H and O–H groups in total. The number of rotatable bonds is 5. The molecule has 1 saturated carbocycles. The van der Waals surface area contributed by atoms with Gasteiger partial charge in [-0.3, -0.25) is 9.89 Å². The first-order chi connectivity index (χ1) is 10.5. The molecule has 8 heteroatoms. The van der Waals surface area contributed by atoms with Gasteiger partial charge in [-0.1, -0.05) is 23.4 Å². The molecule has 2 aromatic rings. The smallest absolute Gasteiger partial charge is 0.237 e. The Morgan fingerprint density at radius 1 is 1.55 bits per heavy atom. The van der Waals surface area contributed by atoms with Gasteiger partial charge in [0, 0.05) is 5.92 Å². The largest absolute Gasteiger partial charge is 0.324 e. The van der Waals surface area contributed by atoms with Crippen molar-refractivity contribution in [1.29, 1.82) is 0 Å². The van der Waals surface area contributed by atoms with Gasteiger partial charge in [0.1, 0.15) is 11.6 Å². The Labute approximate surface area is 136 Å². The number of anilines is 1. The lowest BCUT2D eigenvalue weighted by Crippen LogP contribution is -2.22. The molecule has 5 nitrogen and oxygen atoms in total. The highest BCUT2D eigenvalue weighted by Crippen LogP contribution is 2.38. The predicted octanol–water partition coefficient (Wildman–Crippen LogP) is 3.59. The van der Waals surface area contributed by atoms with Gasteiger partial charge in [-0.25, -0.2) is 9.37 Å². The Bertz CT molecular complexity index is 704. The van der Waals surface area contributed by atoms with Crippen molar-refractivity contribution in [1.82, 2.24) is 15.2 Å². The Balaban J connectivity index is 1.60. The molecular formula is C14H14ClFN4OS. The summed E-state index contributed by atoms with van der Waals surface area (Å²) < 4.78 is 13.0. The van der Waals surface area contributed by atoms with Crippen LogP contribution in [0.2, 0.25) is 5.02 Å². The number of H-pyrrole nitrogens is 1. The number of hydrogen-bond donors (Lipinski definition) is 2. The van der Waals surface area contributed by atoms with E-state index in [1.807, 2.05) is 0 Å². The van der Waals surface area contributed by atoms with E-state index >= 15 is 0 Å². The molecule has 116 valence electrons. The first kappa shape index (κ1) is 15.3. The number of carbonyl (C=O) groups excluding carboxylic acids is 1. The van der Waals surface area contributed by atoms with E-state index in [1.54, 1.807) is 6.92 Å². The number of nitrogens with one attached hydrogen (secondary N) is 2. The summed E-state index contributed by atoms with van der Waals surface area (Å²) >= 11 is 7.16. The molecule has 1 aromatic carbocycles. The normalized spacial score (nSPS) is 15.6. The van der Waals surface area contributed by atoms with Crippen molar-refractivity contribution in [3.63, 3.8) is 0 Å². The van der Waals surface area contributed by atoms with E-state index in [1.165, 1.54) is 23.9 Å². The van der Waals surface area contributed by atoms with Crippen LogP contribution in [-0.4, -0.2) is 26.3 Å². The van der Waals surface area contributed by atoms with Crippen LogP contribution in [0.1, 0.15) is 31.5 Å². The van der Waals surface area contributed by atoms with E-state index in [9.17, 15) is 9.18 Å². The monoisotopic (exact) mass is 340 g/mol. The van der Waals surface area contributed by atoms with Gasteiger partial charge in [0.2, 0.25) is 11.1 Å². The van der Waals surface area contributed by atoms with Gasteiger partial charge in [-0.05, 0) is 38.0 Å². The van der Waals surface area contributed by atoms with E-state index in [0.29, 0.717) is 16.8 Å². The standard InChI is InChI=1S/C14H14ClFN4OS/c1-7(22-14-18-12(19-20-14)8-2-3-8)13(21)17-11-5-4-9(16)6-10(11)15/h4-8H,2-3H2,1H3,(H,17,21)(H,18,19,20). The van der Waals surface area contributed by atoms with Gasteiger partial charge < -0.3 is 5.32 Å². The summed E-state index contributed by atoms with van der Waals surface area (Å²) in [5, 5.41) is 10.0. The fraction of sp³-hybridized carbons (Fsp3) is 0.357. The van der Waals surface area contributed by atoms with Crippen molar-refractivity contribution in [3.8, 4) is 0 Å². The summed E-state index contributed by atoms with van der Waals surface area (Å²) in [4.78, 5) is 16.5. The van der Waals surface area contributed by atoms with Gasteiger partial charge in [0.15, 0.2) is 0 Å². The topological polar surface area (TPSA) is 70.7 Å². The van der Waals surface area contributed by atoms with Crippen molar-refractivity contribution in [2.75, 3.05) is 5.32 Å². The first-order valence-electron chi connectivity index (χ1n) is 6.88. The molecule has 1 atom stereocenters. The van der Waals surface area contributed by atoms with E-state index in [-0.39, 0.29) is 10.9 Å². The molecular weight excluding hydrogens is 327 g/mol. The molecule has 0 bridgehead atoms. The third kappa shape index (κ3) is 3.59. The van der Waals surface area contributed by atoms with Crippen LogP contribution < -0.4 is 5.32 Å². The number of aromatic nitrogens is 3. The fourth-order valence-corrected chi connectivity index (χ4v) is 2.83. The summed E-state index contributed by atoms with van der Waals surface area (Å²) in [5.41, 5.74) is 0.383. The lowest BCUT2D eigenvalue weighted by atomic mass is 10.3. The molecule has 1 aromatic heterocycles. The molecule has 0 spiro atoms. The highest BCUT2D eigenvalue weighted by atomic mass is 35.5. The maximum atomic E-state index is 13.0. The second kappa shape index (κ2) is 6.26. The van der Waals surface area contributed by atoms with Crippen LogP contribution >= 0.6 is 23.4 Å². The molecule has 1 amide bonds. The van der Waals surface area contributed by atoms with Crippen molar-refractivity contribution in [2.45, 2.75) is 36.1 Å². The van der Waals surface area contributed by atoms with Gasteiger partial charge in [-0.15, -0.1) is 5.10 Å². The third-order valence-corrected chi connectivity index (χ3v) is 4.56. The zero-order valence-electron chi connectivity index (χ0n) is 11.8. The Kier molecular flexibility index (Phi) is 4.35. The van der Waals surface area contributed by atoms with Crippen LogP contribution in [0.25, 0.3) is 0 Å². The zero-order chi connectivity index (χ0) is 15.7. The van der Waals surface area contributed by atoms with Gasteiger partial charge in [-0.2, -0.15) is 0 Å². The molecule has 1 aliphatic carbocycles. The zero-order valence-corrected chi connectivity index (χ0v) is 13.3. The van der Waals surface area contributed by atoms with E-state index in [0.717, 1.165) is 24.7 Å². The fourth-order valence-electron chi connectivity index (χ4n) is 1.89. The number of halogens is 2. The number of amides is 1. The Hall–Kier alpha value is -1.60. The maximum absolute atomic E-state index is 13.0. The highest BCUT2D eigenvalue weighted by Gasteiger charge is 2.28. The molecule has 1 fully saturated rings. The van der Waals surface area contributed by atoms with Crippen LogP contribution in [0.4, 0.5) is 10.1 Å². The van der Waals surface area contributed by atoms with Crippen LogP contribution in [0.15, 0.2) is 23.4 Å². The first-order valence-corrected chi connectivity index (χ1v) is 8.13. The molecule has 0 radical (unpaired) electrons.